The Kier molecular flexibility index (Phi) is 2.86. The van der Waals surface area contributed by atoms with E-state index in [2.05, 4.69) is 26.1 Å². The Morgan fingerprint density at radius 1 is 1.22 bits per heavy atom. The smallest absolute Gasteiger partial charge is 0.229 e. The quantitative estimate of drug-likeness (QED) is 0.835. The zero-order valence-corrected chi connectivity index (χ0v) is 11.3. The molecule has 0 bridgehead atoms. The number of halogens is 4. The Bertz CT molecular complexity index is 602. The summed E-state index contributed by atoms with van der Waals surface area (Å²) in [6.45, 7) is 0. The van der Waals surface area contributed by atoms with Crippen LogP contribution in [-0.2, 0) is 0 Å². The predicted molar refractivity (Wildman–Crippen MR) is 66.0 cm³/mol. The molecule has 0 saturated heterocycles. The summed E-state index contributed by atoms with van der Waals surface area (Å²) in [5, 5.41) is 7.56. The van der Waals surface area contributed by atoms with Gasteiger partial charge in [-0.1, -0.05) is 15.9 Å². The highest BCUT2D eigenvalue weighted by molar-refractivity contribution is 9.10. The van der Waals surface area contributed by atoms with Crippen molar-refractivity contribution < 1.29 is 8.78 Å². The van der Waals surface area contributed by atoms with Crippen molar-refractivity contribution in [1.29, 1.82) is 0 Å². The minimum absolute atomic E-state index is 0.0305. The lowest BCUT2D eigenvalue weighted by Crippen LogP contribution is -2.06. The Hall–Kier alpha value is -1.01. The van der Waals surface area contributed by atoms with Crippen LogP contribution in [0.15, 0.2) is 16.6 Å². The fourth-order valence-corrected chi connectivity index (χ4v) is 2.45. The van der Waals surface area contributed by atoms with Crippen molar-refractivity contribution in [3.05, 3.63) is 39.3 Å². The molecule has 1 aliphatic carbocycles. The average Bonchev–Trinajstić information content (AvgIpc) is 3.04. The van der Waals surface area contributed by atoms with Crippen LogP contribution in [0.1, 0.15) is 24.6 Å². The summed E-state index contributed by atoms with van der Waals surface area (Å²) in [6, 6.07) is 2.37. The molecule has 94 valence electrons. The zero-order valence-electron chi connectivity index (χ0n) is 9.00. The fraction of sp³-hybridized carbons (Fsp3) is 0.273. The van der Waals surface area contributed by atoms with Crippen LogP contribution < -0.4 is 0 Å². The van der Waals surface area contributed by atoms with E-state index in [0.29, 0.717) is 10.3 Å². The van der Waals surface area contributed by atoms with Gasteiger partial charge in [0.05, 0.1) is 0 Å². The predicted octanol–water partition coefficient (Wildman–Crippen LogP) is 3.84. The summed E-state index contributed by atoms with van der Waals surface area (Å²) in [7, 11) is 0. The van der Waals surface area contributed by atoms with Crippen LogP contribution >= 0.6 is 27.5 Å². The molecule has 1 aromatic carbocycles. The van der Waals surface area contributed by atoms with E-state index in [9.17, 15) is 8.78 Å². The topological polar surface area (TPSA) is 30.7 Å². The van der Waals surface area contributed by atoms with Crippen LogP contribution in [0.3, 0.4) is 0 Å². The first-order valence-electron chi connectivity index (χ1n) is 5.33. The molecule has 0 atom stereocenters. The molecule has 0 unspecified atom stereocenters. The van der Waals surface area contributed by atoms with Crippen LogP contribution in [0.5, 0.6) is 0 Å². The average molecular weight is 335 g/mol. The van der Waals surface area contributed by atoms with Gasteiger partial charge >= 0.3 is 0 Å². The third-order valence-electron chi connectivity index (χ3n) is 2.80. The molecule has 0 amide bonds. The van der Waals surface area contributed by atoms with Gasteiger partial charge in [-0.3, -0.25) is 4.57 Å². The van der Waals surface area contributed by atoms with Gasteiger partial charge in [0.2, 0.25) is 5.28 Å². The summed E-state index contributed by atoms with van der Waals surface area (Å²) < 4.78 is 29.4. The lowest BCUT2D eigenvalue weighted by molar-refractivity contribution is 0.564. The summed E-state index contributed by atoms with van der Waals surface area (Å²) in [6.07, 6.45) is 1.88. The number of hydrogen-bond acceptors (Lipinski definition) is 2. The summed E-state index contributed by atoms with van der Waals surface area (Å²) in [5.74, 6) is -0.705. The highest BCUT2D eigenvalue weighted by Gasteiger charge is 2.32. The van der Waals surface area contributed by atoms with Crippen molar-refractivity contribution in [2.75, 3.05) is 0 Å². The van der Waals surface area contributed by atoms with Crippen molar-refractivity contribution >= 4 is 27.5 Å². The molecule has 1 aromatic heterocycles. The molecule has 1 aliphatic rings. The second-order valence-corrected chi connectivity index (χ2v) is 5.41. The molecule has 18 heavy (non-hydrogen) atoms. The van der Waals surface area contributed by atoms with E-state index in [4.69, 9.17) is 11.6 Å². The maximum atomic E-state index is 13.9. The second kappa shape index (κ2) is 4.28. The van der Waals surface area contributed by atoms with E-state index in [1.807, 2.05) is 0 Å². The first-order valence-corrected chi connectivity index (χ1v) is 6.50. The zero-order chi connectivity index (χ0) is 12.9. The SMILES string of the molecule is Fc1cc(Br)cc(F)c1-n1c(Cl)nnc1C1CC1. The number of nitrogens with zero attached hydrogens (tertiary/aromatic N) is 3. The Balaban J connectivity index is 2.23. The van der Waals surface area contributed by atoms with Gasteiger partial charge < -0.3 is 0 Å². The van der Waals surface area contributed by atoms with E-state index >= 15 is 0 Å². The van der Waals surface area contributed by atoms with Gasteiger partial charge in [0.15, 0.2) is 11.6 Å². The first kappa shape index (κ1) is 12.0. The minimum atomic E-state index is -0.703. The molecule has 1 saturated carbocycles. The minimum Gasteiger partial charge on any atom is -0.264 e. The van der Waals surface area contributed by atoms with Crippen LogP contribution in [0.25, 0.3) is 5.69 Å². The molecule has 7 heteroatoms. The lowest BCUT2D eigenvalue weighted by Gasteiger charge is -2.10. The van der Waals surface area contributed by atoms with E-state index in [0.717, 1.165) is 12.8 Å². The molecule has 1 heterocycles. The lowest BCUT2D eigenvalue weighted by atomic mass is 10.2. The second-order valence-electron chi connectivity index (χ2n) is 4.15. The standard InChI is InChI=1S/C11H7BrClF2N3/c12-6-3-7(14)9(8(15)4-6)18-10(5-1-2-5)16-17-11(18)13/h3-5H,1-2H2. The van der Waals surface area contributed by atoms with Crippen LogP contribution in [-0.4, -0.2) is 14.8 Å². The van der Waals surface area contributed by atoms with Crippen LogP contribution in [0.4, 0.5) is 8.78 Å². The summed E-state index contributed by atoms with van der Waals surface area (Å²) in [4.78, 5) is 0. The van der Waals surface area contributed by atoms with E-state index in [1.165, 1.54) is 16.7 Å². The first-order chi connectivity index (χ1) is 8.58. The number of rotatable bonds is 2. The number of hydrogen-bond donors (Lipinski definition) is 0. The monoisotopic (exact) mass is 333 g/mol. The van der Waals surface area contributed by atoms with Crippen molar-refractivity contribution in [2.45, 2.75) is 18.8 Å². The van der Waals surface area contributed by atoms with Crippen molar-refractivity contribution in [1.82, 2.24) is 14.8 Å². The molecule has 0 N–H and O–H groups in total. The third kappa shape index (κ3) is 1.93. The van der Waals surface area contributed by atoms with Crippen molar-refractivity contribution in [3.8, 4) is 5.69 Å². The molecule has 3 nitrogen and oxygen atoms in total. The molecular formula is C11H7BrClF2N3. The third-order valence-corrected chi connectivity index (χ3v) is 3.50. The van der Waals surface area contributed by atoms with Gasteiger partial charge in [-0.05, 0) is 36.6 Å². The van der Waals surface area contributed by atoms with Crippen molar-refractivity contribution in [3.63, 3.8) is 0 Å². The molecule has 0 spiro atoms. The number of aromatic nitrogens is 3. The normalized spacial score (nSPS) is 15.1. The largest absolute Gasteiger partial charge is 0.264 e. The Labute approximate surface area is 115 Å². The van der Waals surface area contributed by atoms with Gasteiger partial charge in [0, 0.05) is 10.4 Å². The van der Waals surface area contributed by atoms with Gasteiger partial charge in [-0.25, -0.2) is 8.78 Å². The number of benzene rings is 1. The van der Waals surface area contributed by atoms with Crippen LogP contribution in [0, 0.1) is 11.6 Å². The maximum Gasteiger partial charge on any atom is 0.229 e. The molecule has 2 aromatic rings. The van der Waals surface area contributed by atoms with Gasteiger partial charge in [-0.15, -0.1) is 10.2 Å². The van der Waals surface area contributed by atoms with E-state index < -0.39 is 11.6 Å². The van der Waals surface area contributed by atoms with E-state index in [1.54, 1.807) is 0 Å². The van der Waals surface area contributed by atoms with Gasteiger partial charge in [-0.2, -0.15) is 0 Å². The highest BCUT2D eigenvalue weighted by Crippen LogP contribution is 2.41. The Morgan fingerprint density at radius 2 is 1.83 bits per heavy atom. The Morgan fingerprint density at radius 3 is 2.39 bits per heavy atom. The van der Waals surface area contributed by atoms with Gasteiger partial charge in [0.1, 0.15) is 11.5 Å². The summed E-state index contributed by atoms with van der Waals surface area (Å²) in [5.41, 5.74) is -0.227. The van der Waals surface area contributed by atoms with E-state index in [-0.39, 0.29) is 16.9 Å². The molecule has 0 aliphatic heterocycles. The highest BCUT2D eigenvalue weighted by atomic mass is 79.9. The molecule has 1 fully saturated rings. The molecule has 3 rings (SSSR count). The van der Waals surface area contributed by atoms with Crippen LogP contribution in [0.2, 0.25) is 5.28 Å². The summed E-state index contributed by atoms with van der Waals surface area (Å²) >= 11 is 8.91. The fourth-order valence-electron chi connectivity index (χ4n) is 1.84. The van der Waals surface area contributed by atoms with Gasteiger partial charge in [0.25, 0.3) is 0 Å². The molecule has 0 radical (unpaired) electrons. The molecular weight excluding hydrogens is 327 g/mol. The van der Waals surface area contributed by atoms with Crippen molar-refractivity contribution in [2.24, 2.45) is 0 Å². The maximum absolute atomic E-state index is 13.9.